The molecule has 0 amide bonds. The van der Waals surface area contributed by atoms with Crippen molar-refractivity contribution in [1.82, 2.24) is 0 Å². The van der Waals surface area contributed by atoms with Gasteiger partial charge in [-0.1, -0.05) is 62.2 Å². The smallest absolute Gasteiger partial charge is 0.103 e. The topological polar surface area (TPSA) is 29.5 Å². The standard InChI is InChI=1S/C17H22O2/c1-2-3-6-12-19-13-17(18)16-11-7-9-14-8-4-5-10-15(14)16/h4-5,7-11,17-18H,2-3,6,12-13H2,1H3. The summed E-state index contributed by atoms with van der Waals surface area (Å²) in [5.41, 5.74) is 0.952. The first kappa shape index (κ1) is 14.0. The lowest BCUT2D eigenvalue weighted by molar-refractivity contribution is 0.0353. The van der Waals surface area contributed by atoms with Gasteiger partial charge in [-0.3, -0.25) is 0 Å². The molecule has 2 aromatic carbocycles. The van der Waals surface area contributed by atoms with Crippen LogP contribution in [0.1, 0.15) is 37.9 Å². The fourth-order valence-corrected chi connectivity index (χ4v) is 2.28. The summed E-state index contributed by atoms with van der Waals surface area (Å²) in [6, 6.07) is 14.1. The highest BCUT2D eigenvalue weighted by Crippen LogP contribution is 2.24. The summed E-state index contributed by atoms with van der Waals surface area (Å²) >= 11 is 0. The molecular formula is C17H22O2. The zero-order chi connectivity index (χ0) is 13.5. The summed E-state index contributed by atoms with van der Waals surface area (Å²) in [6.07, 6.45) is 2.89. The molecule has 0 heterocycles. The first-order chi connectivity index (χ1) is 9.33. The molecule has 1 N–H and O–H groups in total. The molecule has 102 valence electrons. The van der Waals surface area contributed by atoms with Crippen molar-refractivity contribution in [2.75, 3.05) is 13.2 Å². The van der Waals surface area contributed by atoms with Gasteiger partial charge in [0.15, 0.2) is 0 Å². The average molecular weight is 258 g/mol. The van der Waals surface area contributed by atoms with Crippen molar-refractivity contribution in [2.24, 2.45) is 0 Å². The van der Waals surface area contributed by atoms with Gasteiger partial charge >= 0.3 is 0 Å². The Bertz CT molecular complexity index is 502. The van der Waals surface area contributed by atoms with E-state index in [2.05, 4.69) is 19.1 Å². The summed E-state index contributed by atoms with van der Waals surface area (Å²) in [4.78, 5) is 0. The lowest BCUT2D eigenvalue weighted by atomic mass is 10.0. The molecule has 2 nitrogen and oxygen atoms in total. The van der Waals surface area contributed by atoms with Gasteiger partial charge in [0.2, 0.25) is 0 Å². The number of unbranched alkanes of at least 4 members (excludes halogenated alkanes) is 2. The second-order valence-corrected chi connectivity index (χ2v) is 4.87. The summed E-state index contributed by atoms with van der Waals surface area (Å²) < 4.78 is 5.55. The maximum absolute atomic E-state index is 10.3. The largest absolute Gasteiger partial charge is 0.386 e. The number of fused-ring (bicyclic) bond motifs is 1. The van der Waals surface area contributed by atoms with E-state index >= 15 is 0 Å². The molecule has 0 aromatic heterocycles. The van der Waals surface area contributed by atoms with Crippen LogP contribution in [0.3, 0.4) is 0 Å². The zero-order valence-corrected chi connectivity index (χ0v) is 11.5. The molecule has 1 unspecified atom stereocenters. The molecule has 0 radical (unpaired) electrons. The SMILES string of the molecule is CCCCCOCC(O)c1cccc2ccccc12. The first-order valence-electron chi connectivity index (χ1n) is 7.06. The number of aliphatic hydroxyl groups is 1. The molecule has 0 fully saturated rings. The average Bonchev–Trinajstić information content (AvgIpc) is 2.46. The summed E-state index contributed by atoms with van der Waals surface area (Å²) in [5, 5.41) is 12.5. The predicted molar refractivity (Wildman–Crippen MR) is 79.3 cm³/mol. The fourth-order valence-electron chi connectivity index (χ4n) is 2.28. The predicted octanol–water partition coefficient (Wildman–Crippen LogP) is 4.08. The van der Waals surface area contributed by atoms with Gasteiger partial charge in [0.1, 0.15) is 6.10 Å². The van der Waals surface area contributed by atoms with Gasteiger partial charge < -0.3 is 9.84 Å². The lowest BCUT2D eigenvalue weighted by Gasteiger charge is -2.14. The molecule has 0 bridgehead atoms. The van der Waals surface area contributed by atoms with E-state index in [1.54, 1.807) is 0 Å². The van der Waals surface area contributed by atoms with Crippen molar-refractivity contribution in [3.8, 4) is 0 Å². The fraction of sp³-hybridized carbons (Fsp3) is 0.412. The van der Waals surface area contributed by atoms with E-state index in [1.807, 2.05) is 30.3 Å². The highest BCUT2D eigenvalue weighted by Gasteiger charge is 2.10. The van der Waals surface area contributed by atoms with E-state index in [4.69, 9.17) is 4.74 Å². The minimum atomic E-state index is -0.548. The molecule has 0 spiro atoms. The minimum absolute atomic E-state index is 0.373. The molecule has 19 heavy (non-hydrogen) atoms. The van der Waals surface area contributed by atoms with Crippen LogP contribution in [0.4, 0.5) is 0 Å². The molecule has 0 saturated heterocycles. The van der Waals surface area contributed by atoms with E-state index < -0.39 is 6.10 Å². The van der Waals surface area contributed by atoms with Gasteiger partial charge in [0.25, 0.3) is 0 Å². The number of hydrogen-bond acceptors (Lipinski definition) is 2. The third kappa shape index (κ3) is 3.79. The van der Waals surface area contributed by atoms with E-state index in [-0.39, 0.29) is 0 Å². The second kappa shape index (κ2) is 7.27. The Balaban J connectivity index is 1.99. The van der Waals surface area contributed by atoms with Gasteiger partial charge in [-0.05, 0) is 22.8 Å². The van der Waals surface area contributed by atoms with Gasteiger partial charge in [-0.2, -0.15) is 0 Å². The van der Waals surface area contributed by atoms with Crippen molar-refractivity contribution in [3.05, 3.63) is 48.0 Å². The van der Waals surface area contributed by atoms with Crippen molar-refractivity contribution in [1.29, 1.82) is 0 Å². The van der Waals surface area contributed by atoms with Gasteiger partial charge in [0.05, 0.1) is 6.61 Å². The number of ether oxygens (including phenoxy) is 1. The first-order valence-corrected chi connectivity index (χ1v) is 7.06. The summed E-state index contributed by atoms with van der Waals surface area (Å²) in [5.74, 6) is 0. The molecule has 0 aliphatic rings. The van der Waals surface area contributed by atoms with Crippen LogP contribution < -0.4 is 0 Å². The Labute approximate surface area is 115 Å². The van der Waals surface area contributed by atoms with E-state index in [0.29, 0.717) is 6.61 Å². The zero-order valence-electron chi connectivity index (χ0n) is 11.5. The molecule has 0 aliphatic heterocycles. The van der Waals surface area contributed by atoms with Crippen molar-refractivity contribution in [2.45, 2.75) is 32.3 Å². The molecule has 2 aromatic rings. The van der Waals surface area contributed by atoms with Crippen LogP contribution in [0.25, 0.3) is 10.8 Å². The molecule has 1 atom stereocenters. The number of aliphatic hydroxyl groups excluding tert-OH is 1. The van der Waals surface area contributed by atoms with Gasteiger partial charge in [0, 0.05) is 6.61 Å². The Morgan fingerprint density at radius 2 is 1.84 bits per heavy atom. The minimum Gasteiger partial charge on any atom is -0.386 e. The van der Waals surface area contributed by atoms with Crippen LogP contribution in [0.2, 0.25) is 0 Å². The van der Waals surface area contributed by atoms with Crippen molar-refractivity contribution in [3.63, 3.8) is 0 Å². The Morgan fingerprint density at radius 1 is 1.05 bits per heavy atom. The van der Waals surface area contributed by atoms with Crippen LogP contribution in [0.15, 0.2) is 42.5 Å². The normalized spacial score (nSPS) is 12.7. The second-order valence-electron chi connectivity index (χ2n) is 4.87. The molecule has 0 aliphatic carbocycles. The third-order valence-corrected chi connectivity index (χ3v) is 3.35. The number of hydrogen-bond donors (Lipinski definition) is 1. The molecular weight excluding hydrogens is 236 g/mol. The maximum atomic E-state index is 10.3. The van der Waals surface area contributed by atoms with Crippen molar-refractivity contribution >= 4 is 10.8 Å². The van der Waals surface area contributed by atoms with Crippen molar-refractivity contribution < 1.29 is 9.84 Å². The highest BCUT2D eigenvalue weighted by molar-refractivity contribution is 5.85. The molecule has 0 saturated carbocycles. The molecule has 2 rings (SSSR count). The Kier molecular flexibility index (Phi) is 5.37. The van der Waals surface area contributed by atoms with Gasteiger partial charge in [-0.25, -0.2) is 0 Å². The highest BCUT2D eigenvalue weighted by atomic mass is 16.5. The van der Waals surface area contributed by atoms with Crippen LogP contribution in [-0.2, 0) is 4.74 Å². The van der Waals surface area contributed by atoms with E-state index in [0.717, 1.165) is 29.4 Å². The maximum Gasteiger partial charge on any atom is 0.103 e. The van der Waals surface area contributed by atoms with Gasteiger partial charge in [-0.15, -0.1) is 0 Å². The number of benzene rings is 2. The van der Waals surface area contributed by atoms with Crippen LogP contribution >= 0.6 is 0 Å². The Hall–Kier alpha value is -1.38. The van der Waals surface area contributed by atoms with Crippen LogP contribution in [0, 0.1) is 0 Å². The van der Waals surface area contributed by atoms with E-state index in [9.17, 15) is 5.11 Å². The van der Waals surface area contributed by atoms with Crippen LogP contribution in [0.5, 0.6) is 0 Å². The lowest BCUT2D eigenvalue weighted by Crippen LogP contribution is -2.08. The Morgan fingerprint density at radius 3 is 2.68 bits per heavy atom. The summed E-state index contributed by atoms with van der Waals surface area (Å²) in [6.45, 7) is 3.28. The molecule has 2 heteroatoms. The van der Waals surface area contributed by atoms with E-state index in [1.165, 1.54) is 12.8 Å². The third-order valence-electron chi connectivity index (χ3n) is 3.35. The monoisotopic (exact) mass is 258 g/mol. The quantitative estimate of drug-likeness (QED) is 0.758. The summed E-state index contributed by atoms with van der Waals surface area (Å²) in [7, 11) is 0. The number of rotatable bonds is 7. The van der Waals surface area contributed by atoms with Crippen LogP contribution in [-0.4, -0.2) is 18.3 Å².